The molecule has 0 spiro atoms. The minimum absolute atomic E-state index is 0.510. The summed E-state index contributed by atoms with van der Waals surface area (Å²) in [6, 6.07) is 10.5. The molecule has 0 N–H and O–H groups in total. The van der Waals surface area contributed by atoms with E-state index in [2.05, 4.69) is 63.7 Å². The molecule has 0 heterocycles. The molecule has 0 aliphatic rings. The van der Waals surface area contributed by atoms with Crippen molar-refractivity contribution in [2.75, 3.05) is 14.1 Å². The Morgan fingerprint density at radius 1 is 1.18 bits per heavy atom. The third-order valence-corrected chi connectivity index (χ3v) is 2.96. The van der Waals surface area contributed by atoms with Crippen molar-refractivity contribution in [3.8, 4) is 0 Å². The van der Waals surface area contributed by atoms with Crippen LogP contribution in [-0.4, -0.2) is 19.0 Å². The van der Waals surface area contributed by atoms with Crippen molar-refractivity contribution in [1.29, 1.82) is 0 Å². The maximum absolute atomic E-state index is 2.20. The van der Waals surface area contributed by atoms with Crippen LogP contribution in [0.25, 0.3) is 0 Å². The van der Waals surface area contributed by atoms with E-state index in [0.29, 0.717) is 4.35 Å². The fraction of sp³-hybridized carbons (Fsp3) is 0.333. The molecule has 1 nitrogen and oxygen atoms in total. The first-order chi connectivity index (χ1) is 5.22. The molecule has 11 heavy (non-hydrogen) atoms. The van der Waals surface area contributed by atoms with E-state index in [1.807, 2.05) is 6.07 Å². The van der Waals surface area contributed by atoms with Crippen molar-refractivity contribution in [3.05, 3.63) is 35.9 Å². The first-order valence-corrected chi connectivity index (χ1v) is 4.54. The van der Waals surface area contributed by atoms with Crippen LogP contribution >= 0.6 is 0 Å². The van der Waals surface area contributed by atoms with Gasteiger partial charge < -0.3 is 0 Å². The van der Waals surface area contributed by atoms with Crippen LogP contribution in [0.1, 0.15) is 9.91 Å². The molecule has 1 rings (SSSR count). The number of hydrogen-bond donors (Lipinski definition) is 0. The van der Waals surface area contributed by atoms with Crippen LogP contribution < -0.4 is 0 Å². The maximum atomic E-state index is 2.20. The molecule has 1 atom stereocenters. The van der Waals surface area contributed by atoms with Crippen LogP contribution in [0.4, 0.5) is 0 Å². The van der Waals surface area contributed by atoms with Crippen LogP contribution in [0.5, 0.6) is 0 Å². The third kappa shape index (κ3) is 2.44. The van der Waals surface area contributed by atoms with Crippen LogP contribution in [0.2, 0.25) is 0 Å². The fourth-order valence-electron chi connectivity index (χ4n) is 0.933. The van der Waals surface area contributed by atoms with Gasteiger partial charge >= 0.3 is 79.7 Å². The minimum atomic E-state index is 0.510. The summed E-state index contributed by atoms with van der Waals surface area (Å²) in [6.07, 6.45) is 0. The van der Waals surface area contributed by atoms with E-state index in [9.17, 15) is 0 Å². The van der Waals surface area contributed by atoms with Gasteiger partial charge in [-0.15, -0.1) is 0 Å². The van der Waals surface area contributed by atoms with E-state index >= 15 is 0 Å². The van der Waals surface area contributed by atoms with E-state index < -0.39 is 0 Å². The molecule has 0 saturated heterocycles. The molecular formula is C9H12NTi. The number of benzene rings is 1. The second-order valence-electron chi connectivity index (χ2n) is 2.78. The monoisotopic (exact) mass is 182 g/mol. The second kappa shape index (κ2) is 4.05. The Kier molecular flexibility index (Phi) is 3.31. The molecular weight excluding hydrogens is 170 g/mol. The van der Waals surface area contributed by atoms with Gasteiger partial charge in [0.25, 0.3) is 0 Å². The van der Waals surface area contributed by atoms with Gasteiger partial charge in [-0.1, -0.05) is 0 Å². The van der Waals surface area contributed by atoms with Gasteiger partial charge in [0.1, 0.15) is 0 Å². The Morgan fingerprint density at radius 2 is 1.73 bits per heavy atom. The summed E-state index contributed by atoms with van der Waals surface area (Å²) in [5.41, 5.74) is 1.37. The predicted molar refractivity (Wildman–Crippen MR) is 42.9 cm³/mol. The van der Waals surface area contributed by atoms with Gasteiger partial charge in [-0.3, -0.25) is 0 Å². The number of rotatable bonds is 2. The van der Waals surface area contributed by atoms with Crippen LogP contribution in [-0.2, 0) is 20.4 Å². The molecule has 0 radical (unpaired) electrons. The molecule has 0 amide bonds. The average molecular weight is 182 g/mol. The molecule has 0 bridgehead atoms. The molecule has 2 heteroatoms. The summed E-state index contributed by atoms with van der Waals surface area (Å²) in [5.74, 6) is 0. The zero-order valence-electron chi connectivity index (χ0n) is 6.91. The van der Waals surface area contributed by atoms with Gasteiger partial charge in [0.2, 0.25) is 0 Å². The summed E-state index contributed by atoms with van der Waals surface area (Å²) in [7, 11) is 4.19. The van der Waals surface area contributed by atoms with E-state index in [0.717, 1.165) is 0 Å². The Bertz CT molecular complexity index is 208. The Morgan fingerprint density at radius 3 is 2.18 bits per heavy atom. The van der Waals surface area contributed by atoms with Crippen molar-refractivity contribution in [2.24, 2.45) is 0 Å². The van der Waals surface area contributed by atoms with E-state index in [1.165, 1.54) is 5.56 Å². The SMILES string of the molecule is CN(C)[CH]([Ti])c1ccccc1. The molecule has 0 aliphatic heterocycles. The molecule has 0 saturated carbocycles. The standard InChI is InChI=1S/C9H12N.Ti/c1-10(2)8-9-6-4-3-5-7-9;/h3-8H,1-2H3;. The van der Waals surface area contributed by atoms with Crippen molar-refractivity contribution < 1.29 is 20.4 Å². The molecule has 0 aliphatic carbocycles. The number of hydrogen-bond acceptors (Lipinski definition) is 1. The third-order valence-electron chi connectivity index (χ3n) is 1.63. The topological polar surface area (TPSA) is 3.24 Å². The van der Waals surface area contributed by atoms with Gasteiger partial charge in [0.15, 0.2) is 0 Å². The quantitative estimate of drug-likeness (QED) is 0.630. The molecule has 1 aromatic carbocycles. The summed E-state index contributed by atoms with van der Waals surface area (Å²) < 4.78 is 0.510. The van der Waals surface area contributed by atoms with Crippen LogP contribution in [0.3, 0.4) is 0 Å². The molecule has 57 valence electrons. The zero-order chi connectivity index (χ0) is 8.27. The van der Waals surface area contributed by atoms with E-state index in [-0.39, 0.29) is 0 Å². The van der Waals surface area contributed by atoms with E-state index in [4.69, 9.17) is 0 Å². The van der Waals surface area contributed by atoms with E-state index in [1.54, 1.807) is 0 Å². The van der Waals surface area contributed by atoms with Crippen molar-refractivity contribution >= 4 is 0 Å². The Hall–Kier alpha value is -0.106. The van der Waals surface area contributed by atoms with Gasteiger partial charge in [0, 0.05) is 0 Å². The Balaban J connectivity index is 2.77. The first kappa shape index (κ1) is 8.99. The molecule has 0 aromatic heterocycles. The second-order valence-corrected chi connectivity index (χ2v) is 3.63. The first-order valence-electron chi connectivity index (χ1n) is 3.64. The zero-order valence-corrected chi connectivity index (χ0v) is 8.47. The van der Waals surface area contributed by atoms with Crippen LogP contribution in [0, 0.1) is 0 Å². The summed E-state index contributed by atoms with van der Waals surface area (Å²) in [6.45, 7) is 0. The van der Waals surface area contributed by atoms with Gasteiger partial charge in [-0.2, -0.15) is 0 Å². The van der Waals surface area contributed by atoms with Gasteiger partial charge in [-0.05, 0) is 0 Å². The summed E-state index contributed by atoms with van der Waals surface area (Å²) in [4.78, 5) is 2.20. The average Bonchev–Trinajstić information content (AvgIpc) is 2.05. The van der Waals surface area contributed by atoms with Crippen molar-refractivity contribution in [3.63, 3.8) is 0 Å². The normalized spacial score (nSPS) is 13.3. The molecule has 1 aromatic rings. The summed E-state index contributed by atoms with van der Waals surface area (Å²) >= 11 is 2.20. The predicted octanol–water partition coefficient (Wildman–Crippen LogP) is 1.79. The molecule has 1 unspecified atom stereocenters. The van der Waals surface area contributed by atoms with Crippen LogP contribution in [0.15, 0.2) is 30.3 Å². The number of nitrogens with zero attached hydrogens (tertiary/aromatic N) is 1. The Labute approximate surface area is 79.8 Å². The van der Waals surface area contributed by atoms with Gasteiger partial charge in [0.05, 0.1) is 0 Å². The molecule has 0 fully saturated rings. The fourth-order valence-corrected chi connectivity index (χ4v) is 1.23. The van der Waals surface area contributed by atoms with Crippen molar-refractivity contribution in [2.45, 2.75) is 4.35 Å². The summed E-state index contributed by atoms with van der Waals surface area (Å²) in [5, 5.41) is 0. The van der Waals surface area contributed by atoms with Gasteiger partial charge in [-0.25, -0.2) is 0 Å². The van der Waals surface area contributed by atoms with Crippen molar-refractivity contribution in [1.82, 2.24) is 4.90 Å².